The molecule has 0 aliphatic carbocycles. The molecule has 5 heteroatoms. The first-order valence-corrected chi connectivity index (χ1v) is 6.20. The van der Waals surface area contributed by atoms with Gasteiger partial charge in [-0.3, -0.25) is 0 Å². The molecule has 0 saturated heterocycles. The van der Waals surface area contributed by atoms with Gasteiger partial charge in [-0.15, -0.1) is 0 Å². The maximum absolute atomic E-state index is 13.3. The molecule has 2 rings (SSSR count). The number of hydrogen-bond donors (Lipinski definition) is 1. The van der Waals surface area contributed by atoms with E-state index >= 15 is 0 Å². The van der Waals surface area contributed by atoms with Crippen LogP contribution in [0.5, 0.6) is 0 Å². The second-order valence-electron chi connectivity index (χ2n) is 3.79. The van der Waals surface area contributed by atoms with Crippen molar-refractivity contribution in [2.75, 3.05) is 5.73 Å². The van der Waals surface area contributed by atoms with Crippen molar-refractivity contribution < 1.29 is 4.39 Å². The minimum Gasteiger partial charge on any atom is -0.397 e. The Labute approximate surface area is 108 Å². The van der Waals surface area contributed by atoms with Crippen molar-refractivity contribution >= 4 is 21.6 Å². The molecule has 90 valence electrons. The Bertz CT molecular complexity index is 537. The summed E-state index contributed by atoms with van der Waals surface area (Å²) in [4.78, 5) is 4.27. The number of anilines is 1. The molecule has 1 aromatic carbocycles. The molecular formula is C12H13BrFN3. The summed E-state index contributed by atoms with van der Waals surface area (Å²) in [5.41, 5.74) is 6.99. The summed E-state index contributed by atoms with van der Waals surface area (Å²) in [5, 5.41) is 0. The zero-order chi connectivity index (χ0) is 12.4. The molecule has 0 atom stereocenters. The van der Waals surface area contributed by atoms with Crippen LogP contribution in [0.3, 0.4) is 0 Å². The van der Waals surface area contributed by atoms with Crippen LogP contribution in [-0.4, -0.2) is 9.55 Å². The summed E-state index contributed by atoms with van der Waals surface area (Å²) >= 11 is 3.17. The molecule has 2 aromatic rings. The molecular weight excluding hydrogens is 285 g/mol. The molecule has 3 nitrogen and oxygen atoms in total. The smallest absolute Gasteiger partial charge is 0.139 e. The molecule has 1 heterocycles. The first-order chi connectivity index (χ1) is 8.13. The fourth-order valence-corrected chi connectivity index (χ4v) is 2.05. The van der Waals surface area contributed by atoms with Gasteiger partial charge in [-0.25, -0.2) is 9.37 Å². The molecule has 0 aliphatic heterocycles. The lowest BCUT2D eigenvalue weighted by molar-refractivity contribution is 0.621. The number of nitrogens with two attached hydrogens (primary N) is 1. The Morgan fingerprint density at radius 3 is 2.94 bits per heavy atom. The second kappa shape index (κ2) is 4.87. The van der Waals surface area contributed by atoms with E-state index in [4.69, 9.17) is 5.73 Å². The second-order valence-corrected chi connectivity index (χ2v) is 4.64. The lowest BCUT2D eigenvalue weighted by Gasteiger charge is -2.11. The Morgan fingerprint density at radius 2 is 2.24 bits per heavy atom. The third-order valence-corrected chi connectivity index (χ3v) is 3.13. The zero-order valence-electron chi connectivity index (χ0n) is 9.45. The van der Waals surface area contributed by atoms with Crippen LogP contribution < -0.4 is 5.73 Å². The first kappa shape index (κ1) is 12.1. The number of aryl methyl sites for hydroxylation is 1. The molecule has 0 amide bonds. The Hall–Kier alpha value is -1.36. The number of nitrogens with zero attached hydrogens (tertiary/aromatic N) is 2. The zero-order valence-corrected chi connectivity index (χ0v) is 11.0. The van der Waals surface area contributed by atoms with Gasteiger partial charge < -0.3 is 10.3 Å². The third-order valence-electron chi connectivity index (χ3n) is 2.52. The van der Waals surface area contributed by atoms with Gasteiger partial charge in [-0.1, -0.05) is 6.92 Å². The average Bonchev–Trinajstić information content (AvgIpc) is 2.72. The number of hydrogen-bond acceptors (Lipinski definition) is 2. The molecule has 0 saturated carbocycles. The fourth-order valence-electron chi connectivity index (χ4n) is 1.72. The summed E-state index contributed by atoms with van der Waals surface area (Å²) in [6.07, 6.45) is 5.42. The summed E-state index contributed by atoms with van der Waals surface area (Å²) in [6, 6.07) is 2.99. The van der Waals surface area contributed by atoms with Crippen LogP contribution in [0.1, 0.15) is 19.2 Å². The van der Waals surface area contributed by atoms with E-state index in [1.54, 1.807) is 12.3 Å². The van der Waals surface area contributed by atoms with Crippen molar-refractivity contribution in [3.63, 3.8) is 0 Å². The number of imidazole rings is 1. The van der Waals surface area contributed by atoms with E-state index in [1.165, 1.54) is 6.07 Å². The van der Waals surface area contributed by atoms with Crippen molar-refractivity contribution in [3.05, 3.63) is 40.6 Å². The Morgan fingerprint density at radius 1 is 1.47 bits per heavy atom. The van der Waals surface area contributed by atoms with Gasteiger partial charge >= 0.3 is 0 Å². The largest absolute Gasteiger partial charge is 0.397 e. The van der Waals surface area contributed by atoms with E-state index < -0.39 is 0 Å². The predicted molar refractivity (Wildman–Crippen MR) is 69.6 cm³/mol. The van der Waals surface area contributed by atoms with Crippen LogP contribution >= 0.6 is 15.9 Å². The van der Waals surface area contributed by atoms with Gasteiger partial charge in [-0.2, -0.15) is 0 Å². The van der Waals surface area contributed by atoms with E-state index in [9.17, 15) is 4.39 Å². The van der Waals surface area contributed by atoms with Crippen LogP contribution in [0.25, 0.3) is 5.69 Å². The number of aromatic nitrogens is 2. The Balaban J connectivity index is 2.52. The highest BCUT2D eigenvalue weighted by Gasteiger charge is 2.10. The van der Waals surface area contributed by atoms with Crippen LogP contribution in [0.4, 0.5) is 10.1 Å². The average molecular weight is 298 g/mol. The van der Waals surface area contributed by atoms with Gasteiger partial charge in [0.25, 0.3) is 0 Å². The molecule has 1 aromatic heterocycles. The van der Waals surface area contributed by atoms with E-state index in [2.05, 4.69) is 27.8 Å². The van der Waals surface area contributed by atoms with E-state index in [0.29, 0.717) is 10.2 Å². The van der Waals surface area contributed by atoms with Crippen LogP contribution in [0, 0.1) is 5.82 Å². The van der Waals surface area contributed by atoms with Crippen molar-refractivity contribution in [2.24, 2.45) is 0 Å². The minimum atomic E-state index is -0.358. The molecule has 17 heavy (non-hydrogen) atoms. The molecule has 0 aliphatic rings. The van der Waals surface area contributed by atoms with Gasteiger partial charge in [0.1, 0.15) is 11.6 Å². The molecule has 0 unspecified atom stereocenters. The first-order valence-electron chi connectivity index (χ1n) is 5.40. The van der Waals surface area contributed by atoms with Gasteiger partial charge in [0.15, 0.2) is 0 Å². The van der Waals surface area contributed by atoms with Crippen LogP contribution in [-0.2, 0) is 6.42 Å². The van der Waals surface area contributed by atoms with Crippen LogP contribution in [0.2, 0.25) is 0 Å². The molecule has 0 fully saturated rings. The topological polar surface area (TPSA) is 43.8 Å². The van der Waals surface area contributed by atoms with Gasteiger partial charge in [0.2, 0.25) is 0 Å². The van der Waals surface area contributed by atoms with E-state index in [0.717, 1.165) is 24.4 Å². The SMILES string of the molecule is CCCc1nccn1-c1cc(Br)c(F)cc1N. The van der Waals surface area contributed by atoms with Gasteiger partial charge in [0, 0.05) is 24.9 Å². The predicted octanol–water partition coefficient (Wildman–Crippen LogP) is 3.31. The van der Waals surface area contributed by atoms with Crippen molar-refractivity contribution in [1.82, 2.24) is 9.55 Å². The molecule has 0 bridgehead atoms. The summed E-state index contributed by atoms with van der Waals surface area (Å²) in [5.74, 6) is 0.570. The normalized spacial score (nSPS) is 10.8. The third kappa shape index (κ3) is 2.34. The maximum atomic E-state index is 13.3. The van der Waals surface area contributed by atoms with E-state index in [-0.39, 0.29) is 5.82 Å². The van der Waals surface area contributed by atoms with Crippen molar-refractivity contribution in [1.29, 1.82) is 0 Å². The fraction of sp³-hybridized carbons (Fsp3) is 0.250. The van der Waals surface area contributed by atoms with Gasteiger partial charge in [0.05, 0.1) is 15.8 Å². The number of nitrogen functional groups attached to an aromatic ring is 1. The minimum absolute atomic E-state index is 0.358. The molecule has 0 radical (unpaired) electrons. The highest BCUT2D eigenvalue weighted by molar-refractivity contribution is 9.10. The lowest BCUT2D eigenvalue weighted by atomic mass is 10.2. The van der Waals surface area contributed by atoms with Crippen molar-refractivity contribution in [2.45, 2.75) is 19.8 Å². The molecule has 0 spiro atoms. The standard InChI is InChI=1S/C12H13BrFN3/c1-2-3-12-16-4-5-17(12)11-6-8(13)9(14)7-10(11)15/h4-7H,2-3,15H2,1H3. The quantitative estimate of drug-likeness (QED) is 0.883. The van der Waals surface area contributed by atoms with Crippen molar-refractivity contribution in [3.8, 4) is 5.69 Å². The van der Waals surface area contributed by atoms with Crippen LogP contribution in [0.15, 0.2) is 29.0 Å². The highest BCUT2D eigenvalue weighted by atomic mass is 79.9. The number of halogens is 2. The van der Waals surface area contributed by atoms with Gasteiger partial charge in [-0.05, 0) is 28.4 Å². The van der Waals surface area contributed by atoms with E-state index in [1.807, 2.05) is 10.8 Å². The molecule has 2 N–H and O–H groups in total. The Kier molecular flexibility index (Phi) is 3.47. The summed E-state index contributed by atoms with van der Waals surface area (Å²) < 4.78 is 15.6. The highest BCUT2D eigenvalue weighted by Crippen LogP contribution is 2.26. The number of rotatable bonds is 3. The summed E-state index contributed by atoms with van der Waals surface area (Å²) in [7, 11) is 0. The maximum Gasteiger partial charge on any atom is 0.139 e. The number of benzene rings is 1. The lowest BCUT2D eigenvalue weighted by Crippen LogP contribution is -2.04. The summed E-state index contributed by atoms with van der Waals surface area (Å²) in [6.45, 7) is 2.09. The monoisotopic (exact) mass is 297 g/mol.